The van der Waals surface area contributed by atoms with Gasteiger partial charge in [-0.25, -0.2) is 4.39 Å². The average molecular weight is 441 g/mol. The van der Waals surface area contributed by atoms with Gasteiger partial charge < -0.3 is 10.6 Å². The number of hydrogen-bond acceptors (Lipinski definition) is 3. The summed E-state index contributed by atoms with van der Waals surface area (Å²) < 4.78 is 17.5. The lowest BCUT2D eigenvalue weighted by Gasteiger charge is -2.12. The molecule has 2 aromatic heterocycles. The van der Waals surface area contributed by atoms with Gasteiger partial charge in [-0.1, -0.05) is 29.3 Å². The Kier molecular flexibility index (Phi) is 6.22. The van der Waals surface area contributed by atoms with Gasteiger partial charge in [0.15, 0.2) is 5.11 Å². The fourth-order valence-electron chi connectivity index (χ4n) is 2.82. The van der Waals surface area contributed by atoms with Crippen LogP contribution >= 0.6 is 35.4 Å². The number of nitrogens with one attached hydrogen (secondary N) is 2. The van der Waals surface area contributed by atoms with E-state index in [1.807, 2.05) is 20.9 Å². The Morgan fingerprint density at radius 2 is 2.00 bits per heavy atom. The summed E-state index contributed by atoms with van der Waals surface area (Å²) in [5.41, 5.74) is 3.55. The number of halogens is 3. The predicted molar refractivity (Wildman–Crippen MR) is 113 cm³/mol. The normalized spacial score (nSPS) is 10.9. The van der Waals surface area contributed by atoms with Gasteiger partial charge in [0.05, 0.1) is 47.1 Å². The van der Waals surface area contributed by atoms with Crippen LogP contribution in [0.3, 0.4) is 0 Å². The minimum atomic E-state index is -0.361. The first-order chi connectivity index (χ1) is 13.3. The molecule has 0 amide bonds. The van der Waals surface area contributed by atoms with Gasteiger partial charge >= 0.3 is 0 Å². The van der Waals surface area contributed by atoms with E-state index in [2.05, 4.69) is 20.8 Å². The molecule has 0 saturated carbocycles. The van der Waals surface area contributed by atoms with Crippen molar-refractivity contribution in [2.75, 3.05) is 5.32 Å². The summed E-state index contributed by atoms with van der Waals surface area (Å²) in [6, 6.07) is 4.62. The SMILES string of the molecule is Cc1nn(Cc2c(F)cccc2Cl)c(C)c1NC(=S)NCc1c(Cl)cnn1C. The Bertz CT molecular complexity index is 990. The molecule has 0 unspecified atom stereocenters. The van der Waals surface area contributed by atoms with Crippen LogP contribution in [0.25, 0.3) is 0 Å². The fraction of sp³-hybridized carbons (Fsp3) is 0.278. The summed E-state index contributed by atoms with van der Waals surface area (Å²) in [5, 5.41) is 16.2. The molecule has 2 heterocycles. The number of hydrogen-bond donors (Lipinski definition) is 2. The van der Waals surface area contributed by atoms with Crippen LogP contribution in [-0.4, -0.2) is 24.7 Å². The summed E-state index contributed by atoms with van der Waals surface area (Å²) in [4.78, 5) is 0. The Morgan fingerprint density at radius 3 is 2.64 bits per heavy atom. The van der Waals surface area contributed by atoms with Gasteiger partial charge in [0.25, 0.3) is 0 Å². The summed E-state index contributed by atoms with van der Waals surface area (Å²) >= 11 is 17.6. The number of anilines is 1. The molecule has 0 aliphatic heterocycles. The summed E-state index contributed by atoms with van der Waals surface area (Å²) in [6.07, 6.45) is 1.58. The van der Waals surface area contributed by atoms with Gasteiger partial charge in [0, 0.05) is 17.6 Å². The van der Waals surface area contributed by atoms with Crippen LogP contribution < -0.4 is 10.6 Å². The van der Waals surface area contributed by atoms with Crippen LogP contribution in [0, 0.1) is 19.7 Å². The number of aromatic nitrogens is 4. The third-order valence-electron chi connectivity index (χ3n) is 4.42. The molecule has 2 N–H and O–H groups in total. The minimum Gasteiger partial charge on any atom is -0.357 e. The van der Waals surface area contributed by atoms with E-state index in [4.69, 9.17) is 35.4 Å². The van der Waals surface area contributed by atoms with E-state index in [0.29, 0.717) is 27.3 Å². The molecule has 0 aliphatic carbocycles. The topological polar surface area (TPSA) is 59.7 Å². The zero-order valence-corrected chi connectivity index (χ0v) is 17.9. The molecule has 6 nitrogen and oxygen atoms in total. The molecule has 0 bridgehead atoms. The van der Waals surface area contributed by atoms with Crippen LogP contribution in [0.15, 0.2) is 24.4 Å². The highest BCUT2D eigenvalue weighted by Crippen LogP contribution is 2.24. The first-order valence-corrected chi connectivity index (χ1v) is 9.62. The molecule has 28 heavy (non-hydrogen) atoms. The van der Waals surface area contributed by atoms with Crippen LogP contribution in [0.4, 0.5) is 10.1 Å². The molecule has 3 rings (SSSR count). The molecule has 0 radical (unpaired) electrons. The molecule has 0 fully saturated rings. The third kappa shape index (κ3) is 4.29. The van der Waals surface area contributed by atoms with E-state index in [0.717, 1.165) is 22.8 Å². The number of nitrogens with zero attached hydrogens (tertiary/aromatic N) is 4. The fourth-order valence-corrected chi connectivity index (χ4v) is 3.45. The number of aryl methyl sites for hydroxylation is 2. The lowest BCUT2D eigenvalue weighted by atomic mass is 10.2. The van der Waals surface area contributed by atoms with Gasteiger partial charge in [0.2, 0.25) is 0 Å². The number of thiocarbonyl (C=S) groups is 1. The van der Waals surface area contributed by atoms with Crippen LogP contribution in [0.2, 0.25) is 10.0 Å². The van der Waals surface area contributed by atoms with Crippen molar-refractivity contribution in [1.29, 1.82) is 0 Å². The van der Waals surface area contributed by atoms with E-state index in [9.17, 15) is 4.39 Å². The van der Waals surface area contributed by atoms with Crippen molar-refractivity contribution in [2.45, 2.75) is 26.9 Å². The van der Waals surface area contributed by atoms with Crippen LogP contribution in [0.5, 0.6) is 0 Å². The van der Waals surface area contributed by atoms with E-state index in [-0.39, 0.29) is 12.4 Å². The monoisotopic (exact) mass is 440 g/mol. The second-order valence-corrected chi connectivity index (χ2v) is 7.50. The lowest BCUT2D eigenvalue weighted by Crippen LogP contribution is -2.29. The second-order valence-electron chi connectivity index (χ2n) is 6.27. The zero-order chi connectivity index (χ0) is 20.4. The molecule has 0 atom stereocenters. The van der Waals surface area contributed by atoms with E-state index < -0.39 is 0 Å². The van der Waals surface area contributed by atoms with E-state index in [1.165, 1.54) is 6.07 Å². The van der Waals surface area contributed by atoms with Crippen molar-refractivity contribution in [3.63, 3.8) is 0 Å². The zero-order valence-electron chi connectivity index (χ0n) is 15.6. The standard InChI is InChI=1S/C18H19Cl2FN6S/c1-10-17(24-18(28)22-8-16-14(20)7-23-26(16)3)11(2)27(25-10)9-12-13(19)5-4-6-15(12)21/h4-7H,8-9H2,1-3H3,(H2,22,24,28). The van der Waals surface area contributed by atoms with Crippen molar-refractivity contribution in [3.05, 3.63) is 62.9 Å². The number of rotatable bonds is 5. The molecule has 148 valence electrons. The van der Waals surface area contributed by atoms with Gasteiger partial charge in [-0.05, 0) is 38.2 Å². The Morgan fingerprint density at radius 1 is 1.25 bits per heavy atom. The quantitative estimate of drug-likeness (QED) is 0.581. The van der Waals surface area contributed by atoms with Crippen molar-refractivity contribution in [1.82, 2.24) is 24.9 Å². The molecule has 0 saturated heterocycles. The minimum absolute atomic E-state index is 0.227. The van der Waals surface area contributed by atoms with Crippen molar-refractivity contribution < 1.29 is 4.39 Å². The first kappa shape index (κ1) is 20.6. The number of benzene rings is 1. The lowest BCUT2D eigenvalue weighted by molar-refractivity contribution is 0.579. The maximum atomic E-state index is 14.1. The Hall–Kier alpha value is -2.16. The molecular weight excluding hydrogens is 422 g/mol. The predicted octanol–water partition coefficient (Wildman–Crippen LogP) is 4.21. The van der Waals surface area contributed by atoms with E-state index >= 15 is 0 Å². The molecule has 0 aliphatic rings. The third-order valence-corrected chi connectivity index (χ3v) is 5.33. The molecule has 1 aromatic carbocycles. The van der Waals surface area contributed by atoms with Crippen LogP contribution in [-0.2, 0) is 20.1 Å². The van der Waals surface area contributed by atoms with Crippen molar-refractivity contribution >= 4 is 46.2 Å². The Balaban J connectivity index is 1.72. The van der Waals surface area contributed by atoms with Crippen molar-refractivity contribution in [2.24, 2.45) is 7.05 Å². The summed E-state index contributed by atoms with van der Waals surface area (Å²) in [5.74, 6) is -0.361. The highest BCUT2D eigenvalue weighted by molar-refractivity contribution is 7.80. The highest BCUT2D eigenvalue weighted by atomic mass is 35.5. The van der Waals surface area contributed by atoms with Gasteiger partial charge in [-0.2, -0.15) is 10.2 Å². The van der Waals surface area contributed by atoms with E-state index in [1.54, 1.807) is 27.7 Å². The Labute approximate surface area is 177 Å². The van der Waals surface area contributed by atoms with Gasteiger partial charge in [-0.15, -0.1) is 0 Å². The van der Waals surface area contributed by atoms with Gasteiger partial charge in [0.1, 0.15) is 5.82 Å². The maximum absolute atomic E-state index is 14.1. The van der Waals surface area contributed by atoms with Crippen molar-refractivity contribution in [3.8, 4) is 0 Å². The maximum Gasteiger partial charge on any atom is 0.171 e. The summed E-state index contributed by atoms with van der Waals surface area (Å²) in [7, 11) is 1.81. The molecule has 10 heteroatoms. The summed E-state index contributed by atoms with van der Waals surface area (Å²) in [6.45, 7) is 4.40. The largest absolute Gasteiger partial charge is 0.357 e. The smallest absolute Gasteiger partial charge is 0.171 e. The molecular formula is C18H19Cl2FN6S. The second kappa shape index (κ2) is 8.46. The average Bonchev–Trinajstić information content (AvgIpc) is 3.09. The van der Waals surface area contributed by atoms with Crippen LogP contribution in [0.1, 0.15) is 22.6 Å². The molecule has 3 aromatic rings. The molecule has 0 spiro atoms. The first-order valence-electron chi connectivity index (χ1n) is 8.46. The van der Waals surface area contributed by atoms with Gasteiger partial charge in [-0.3, -0.25) is 9.36 Å². The highest BCUT2D eigenvalue weighted by Gasteiger charge is 2.16.